The van der Waals surface area contributed by atoms with Gasteiger partial charge >= 0.3 is 0 Å². The summed E-state index contributed by atoms with van der Waals surface area (Å²) in [6.07, 6.45) is 6.70. The SMILES string of the molecule is CC(C)C.CC(C)C(C)(C)C.CC(C)C(C)C.CC(C)CC(C)(C)C.CC(C)CC(C)C.CCC(C)C.CCCC(C)C. The molecule has 0 aliphatic heterocycles. The molecule has 0 radical (unpaired) electrons. The zero-order valence-corrected chi connectivity index (χ0v) is 36.7. The summed E-state index contributed by atoms with van der Waals surface area (Å²) in [7, 11) is 0. The summed E-state index contributed by atoms with van der Waals surface area (Å²) in [4.78, 5) is 0. The molecular weight excluding hydrogens is 516 g/mol. The van der Waals surface area contributed by atoms with Crippen molar-refractivity contribution < 1.29 is 0 Å². The van der Waals surface area contributed by atoms with E-state index in [0.717, 1.165) is 53.3 Å². The Kier molecular flexibility index (Phi) is 49.6. The predicted molar refractivity (Wildman–Crippen MR) is 213 cm³/mol. The van der Waals surface area contributed by atoms with Gasteiger partial charge in [0.1, 0.15) is 0 Å². The van der Waals surface area contributed by atoms with Crippen LogP contribution in [0.2, 0.25) is 0 Å². The van der Waals surface area contributed by atoms with Crippen LogP contribution in [-0.2, 0) is 0 Å². The molecule has 0 fully saturated rings. The lowest BCUT2D eigenvalue weighted by Gasteiger charge is -2.22. The molecule has 0 aromatic heterocycles. The summed E-state index contributed by atoms with van der Waals surface area (Å²) in [6.45, 7) is 60.6. The molecule has 0 rings (SSSR count). The molecule has 272 valence electrons. The quantitative estimate of drug-likeness (QED) is 0.267. The first kappa shape index (κ1) is 58.5. The third-order valence-electron chi connectivity index (χ3n) is 6.71. The van der Waals surface area contributed by atoms with Gasteiger partial charge in [0.25, 0.3) is 0 Å². The molecule has 0 aliphatic rings. The smallest absolute Gasteiger partial charge is 0.0360 e. The standard InChI is InChI=1S/C8H18.2C7H16.2C6H14.C5H12.C4H10/c1-7(2)6-8(3,4)5;1-6(2)7(3,4)5;1-6(2)5-7(3)4;1-5(2)6(3)4;1-4-5-6(2)3;1-4-5(2)3;1-4(2)3/h7H,6H2,1-5H3;6H,1-5H3;6-7H,5H2,1-4H3;5-6H,1-4H3;6H,4-5H2,1-3H3;5H,4H2,1-3H3;4H,1-3H3. The van der Waals surface area contributed by atoms with Gasteiger partial charge in [-0.3, -0.25) is 0 Å². The third kappa shape index (κ3) is 117. The van der Waals surface area contributed by atoms with Crippen molar-refractivity contribution in [2.24, 2.45) is 64.1 Å². The summed E-state index contributed by atoms with van der Waals surface area (Å²) in [6, 6.07) is 0. The minimum atomic E-state index is 0.500. The van der Waals surface area contributed by atoms with Crippen LogP contribution in [0, 0.1) is 64.1 Å². The number of hydrogen-bond acceptors (Lipinski definition) is 0. The first-order chi connectivity index (χ1) is 18.9. The molecule has 0 unspecified atom stereocenters. The Morgan fingerprint density at radius 3 is 0.674 bits per heavy atom. The lowest BCUT2D eigenvalue weighted by Crippen LogP contribution is -2.12. The van der Waals surface area contributed by atoms with E-state index in [4.69, 9.17) is 0 Å². The second-order valence-corrected chi connectivity index (χ2v) is 18.9. The lowest BCUT2D eigenvalue weighted by molar-refractivity contribution is 0.283. The van der Waals surface area contributed by atoms with Crippen LogP contribution in [0.25, 0.3) is 0 Å². The second kappa shape index (κ2) is 36.5. The van der Waals surface area contributed by atoms with Crippen molar-refractivity contribution in [1.82, 2.24) is 0 Å². The second-order valence-electron chi connectivity index (χ2n) is 18.9. The van der Waals surface area contributed by atoms with E-state index in [9.17, 15) is 0 Å². The van der Waals surface area contributed by atoms with Gasteiger partial charge in [0.05, 0.1) is 0 Å². The molecule has 0 heteroatoms. The zero-order valence-electron chi connectivity index (χ0n) is 36.7. The highest BCUT2D eigenvalue weighted by molar-refractivity contribution is 4.64. The number of rotatable bonds is 7. The highest BCUT2D eigenvalue weighted by Crippen LogP contribution is 2.24. The first-order valence-electron chi connectivity index (χ1n) is 18.9. The maximum atomic E-state index is 2.28. The highest BCUT2D eigenvalue weighted by atomic mass is 14.2. The van der Waals surface area contributed by atoms with E-state index in [1.165, 1.54) is 32.1 Å². The van der Waals surface area contributed by atoms with Crippen LogP contribution in [-0.4, -0.2) is 0 Å². The van der Waals surface area contributed by atoms with Crippen LogP contribution in [0.5, 0.6) is 0 Å². The molecule has 0 aromatic carbocycles. The largest absolute Gasteiger partial charge is 0.0654 e. The Bertz CT molecular complexity index is 429. The molecule has 0 saturated heterocycles. The predicted octanol–water partition coefficient (Wildman–Crippen LogP) is 16.9. The van der Waals surface area contributed by atoms with E-state index in [-0.39, 0.29) is 0 Å². The Balaban J connectivity index is -0.0000000710. The summed E-state index contributed by atoms with van der Waals surface area (Å²) >= 11 is 0. The summed E-state index contributed by atoms with van der Waals surface area (Å²) in [5.41, 5.74) is 1.02. The normalized spacial score (nSPS) is 11.2. The van der Waals surface area contributed by atoms with Crippen LogP contribution >= 0.6 is 0 Å². The van der Waals surface area contributed by atoms with Gasteiger partial charge in [-0.05, 0) is 76.9 Å². The molecule has 0 heterocycles. The molecule has 0 aromatic rings. The minimum absolute atomic E-state index is 0.500. The fourth-order valence-corrected chi connectivity index (χ4v) is 2.74. The Hall–Kier alpha value is 0. The molecule has 0 bridgehead atoms. The molecule has 43 heavy (non-hydrogen) atoms. The fourth-order valence-electron chi connectivity index (χ4n) is 2.74. The molecule has 0 saturated carbocycles. The molecule has 0 N–H and O–H groups in total. The van der Waals surface area contributed by atoms with E-state index in [0.29, 0.717) is 10.8 Å². The molecule has 0 atom stereocenters. The average molecular weight is 617 g/mol. The lowest BCUT2D eigenvalue weighted by atomic mass is 9.84. The number of hydrogen-bond donors (Lipinski definition) is 0. The van der Waals surface area contributed by atoms with Gasteiger partial charge in [-0.25, -0.2) is 0 Å². The van der Waals surface area contributed by atoms with E-state index in [1.54, 1.807) is 0 Å². The molecule has 0 spiro atoms. The molecular formula is C43H100. The Morgan fingerprint density at radius 2 is 0.674 bits per heavy atom. The monoisotopic (exact) mass is 617 g/mol. The van der Waals surface area contributed by atoms with Gasteiger partial charge < -0.3 is 0 Å². The van der Waals surface area contributed by atoms with Crippen molar-refractivity contribution in [2.45, 2.75) is 219 Å². The Labute approximate surface area is 282 Å². The maximum Gasteiger partial charge on any atom is -0.0360 e. The third-order valence-corrected chi connectivity index (χ3v) is 6.71. The van der Waals surface area contributed by atoms with Crippen molar-refractivity contribution in [3.63, 3.8) is 0 Å². The maximum absolute atomic E-state index is 2.28. The van der Waals surface area contributed by atoms with Crippen molar-refractivity contribution >= 4 is 0 Å². The van der Waals surface area contributed by atoms with Gasteiger partial charge in [-0.2, -0.15) is 0 Å². The first-order valence-corrected chi connectivity index (χ1v) is 18.9. The van der Waals surface area contributed by atoms with Gasteiger partial charge in [-0.1, -0.05) is 206 Å². The van der Waals surface area contributed by atoms with Crippen molar-refractivity contribution in [2.75, 3.05) is 0 Å². The summed E-state index contributed by atoms with van der Waals surface area (Å²) in [5.74, 6) is 7.71. The van der Waals surface area contributed by atoms with Crippen LogP contribution in [0.4, 0.5) is 0 Å². The minimum Gasteiger partial charge on any atom is -0.0654 e. The molecule has 0 aliphatic carbocycles. The van der Waals surface area contributed by atoms with Crippen molar-refractivity contribution in [3.8, 4) is 0 Å². The van der Waals surface area contributed by atoms with E-state index >= 15 is 0 Å². The van der Waals surface area contributed by atoms with E-state index in [2.05, 4.69) is 187 Å². The van der Waals surface area contributed by atoms with Crippen LogP contribution in [0.1, 0.15) is 219 Å². The average Bonchev–Trinajstić information content (AvgIpc) is 2.71. The Morgan fingerprint density at radius 1 is 0.419 bits per heavy atom. The van der Waals surface area contributed by atoms with Crippen LogP contribution in [0.3, 0.4) is 0 Å². The van der Waals surface area contributed by atoms with Crippen molar-refractivity contribution in [1.29, 1.82) is 0 Å². The van der Waals surface area contributed by atoms with Gasteiger partial charge in [0.2, 0.25) is 0 Å². The van der Waals surface area contributed by atoms with E-state index < -0.39 is 0 Å². The summed E-state index contributed by atoms with van der Waals surface area (Å²) < 4.78 is 0. The van der Waals surface area contributed by atoms with Crippen LogP contribution in [0.15, 0.2) is 0 Å². The van der Waals surface area contributed by atoms with Gasteiger partial charge in [0.15, 0.2) is 0 Å². The molecule has 0 amide bonds. The summed E-state index contributed by atoms with van der Waals surface area (Å²) in [5, 5.41) is 0. The topological polar surface area (TPSA) is 0 Å². The van der Waals surface area contributed by atoms with Crippen LogP contribution < -0.4 is 0 Å². The van der Waals surface area contributed by atoms with E-state index in [1.807, 2.05) is 0 Å². The van der Waals surface area contributed by atoms with Gasteiger partial charge in [0, 0.05) is 0 Å². The molecule has 0 nitrogen and oxygen atoms in total. The highest BCUT2D eigenvalue weighted by Gasteiger charge is 2.13. The fraction of sp³-hybridized carbons (Fsp3) is 1.00. The van der Waals surface area contributed by atoms with Gasteiger partial charge in [-0.15, -0.1) is 0 Å². The zero-order chi connectivity index (χ0) is 36.7. The van der Waals surface area contributed by atoms with Crippen molar-refractivity contribution in [3.05, 3.63) is 0 Å².